The number of rotatable bonds is 7. The molecule has 0 fully saturated rings. The molecular formula is C20H30IN5O2S. The lowest BCUT2D eigenvalue weighted by atomic mass is 10.1. The lowest BCUT2D eigenvalue weighted by Gasteiger charge is -2.22. The van der Waals surface area contributed by atoms with Gasteiger partial charge >= 0.3 is 0 Å². The molecule has 1 aromatic carbocycles. The fraction of sp³-hybridized carbons (Fsp3) is 0.400. The lowest BCUT2D eigenvalue weighted by molar-refractivity contribution is 0.491. The molecule has 29 heavy (non-hydrogen) atoms. The smallest absolute Gasteiger partial charge is 0.241 e. The highest BCUT2D eigenvalue weighted by Crippen LogP contribution is 2.17. The minimum absolute atomic E-state index is 0. The molecule has 2 rings (SSSR count). The van der Waals surface area contributed by atoms with Crippen molar-refractivity contribution in [3.05, 3.63) is 59.9 Å². The summed E-state index contributed by atoms with van der Waals surface area (Å²) in [7, 11) is -1.93. The Hall–Kier alpha value is -1.72. The Labute approximate surface area is 190 Å². The van der Waals surface area contributed by atoms with Crippen LogP contribution in [0.25, 0.3) is 0 Å². The van der Waals surface area contributed by atoms with Crippen molar-refractivity contribution < 1.29 is 8.42 Å². The lowest BCUT2D eigenvalue weighted by Crippen LogP contribution is -2.41. The Morgan fingerprint density at radius 2 is 1.76 bits per heavy atom. The molecule has 0 saturated carbocycles. The van der Waals surface area contributed by atoms with E-state index in [1.807, 2.05) is 45.0 Å². The van der Waals surface area contributed by atoms with Gasteiger partial charge in [0.1, 0.15) is 0 Å². The highest BCUT2D eigenvalue weighted by Gasteiger charge is 2.24. The summed E-state index contributed by atoms with van der Waals surface area (Å²) in [5.41, 5.74) is 1.12. The van der Waals surface area contributed by atoms with Gasteiger partial charge in [-0.3, -0.25) is 9.98 Å². The Morgan fingerprint density at radius 1 is 1.07 bits per heavy atom. The first kappa shape index (κ1) is 25.3. The number of hydrogen-bond acceptors (Lipinski definition) is 4. The fourth-order valence-corrected chi connectivity index (χ4v) is 4.28. The fourth-order valence-electron chi connectivity index (χ4n) is 2.62. The zero-order valence-corrected chi connectivity index (χ0v) is 20.4. The van der Waals surface area contributed by atoms with Gasteiger partial charge in [0, 0.05) is 44.0 Å². The second kappa shape index (κ2) is 11.5. The number of aliphatic imine (C=N–C) groups is 1. The van der Waals surface area contributed by atoms with E-state index in [2.05, 4.69) is 25.3 Å². The largest absolute Gasteiger partial charge is 0.356 e. The van der Waals surface area contributed by atoms with Gasteiger partial charge < -0.3 is 10.6 Å². The molecule has 3 N–H and O–H groups in total. The van der Waals surface area contributed by atoms with Crippen LogP contribution in [0.2, 0.25) is 0 Å². The van der Waals surface area contributed by atoms with Crippen molar-refractivity contribution >= 4 is 40.0 Å². The SMILES string of the molecule is CN=C(NCCc1ccccn1)NCc1ccccc1S(=O)(=O)NC(C)(C)C.I. The van der Waals surface area contributed by atoms with E-state index in [4.69, 9.17) is 0 Å². The first-order valence-electron chi connectivity index (χ1n) is 9.17. The Bertz CT molecular complexity index is 897. The van der Waals surface area contributed by atoms with Crippen molar-refractivity contribution in [2.24, 2.45) is 4.99 Å². The van der Waals surface area contributed by atoms with Gasteiger partial charge in [0.25, 0.3) is 0 Å². The summed E-state index contributed by atoms with van der Waals surface area (Å²) in [5.74, 6) is 0.604. The van der Waals surface area contributed by atoms with E-state index >= 15 is 0 Å². The first-order chi connectivity index (χ1) is 13.2. The Balaban J connectivity index is 0.00000420. The molecule has 1 heterocycles. The topological polar surface area (TPSA) is 95.5 Å². The van der Waals surface area contributed by atoms with Crippen LogP contribution in [0.15, 0.2) is 58.5 Å². The van der Waals surface area contributed by atoms with E-state index in [1.54, 1.807) is 31.4 Å². The van der Waals surface area contributed by atoms with Crippen molar-refractivity contribution in [1.29, 1.82) is 0 Å². The third-order valence-corrected chi connectivity index (χ3v) is 5.63. The average Bonchev–Trinajstić information content (AvgIpc) is 2.63. The van der Waals surface area contributed by atoms with Gasteiger partial charge in [0.15, 0.2) is 5.96 Å². The highest BCUT2D eigenvalue weighted by atomic mass is 127. The summed E-state index contributed by atoms with van der Waals surface area (Å²) >= 11 is 0. The van der Waals surface area contributed by atoms with E-state index < -0.39 is 15.6 Å². The molecule has 0 radical (unpaired) electrons. The number of sulfonamides is 1. The number of hydrogen-bond donors (Lipinski definition) is 3. The number of halogens is 1. The second-order valence-electron chi connectivity index (χ2n) is 7.39. The second-order valence-corrected chi connectivity index (χ2v) is 9.04. The van der Waals surface area contributed by atoms with E-state index in [0.717, 1.165) is 12.1 Å². The van der Waals surface area contributed by atoms with Gasteiger partial charge in [-0.05, 0) is 44.5 Å². The zero-order chi connectivity index (χ0) is 20.6. The molecule has 0 spiro atoms. The van der Waals surface area contributed by atoms with Crippen molar-refractivity contribution in [2.45, 2.75) is 44.2 Å². The molecule has 2 aromatic rings. The third-order valence-electron chi connectivity index (χ3n) is 3.77. The van der Waals surface area contributed by atoms with Gasteiger partial charge in [-0.25, -0.2) is 13.1 Å². The summed E-state index contributed by atoms with van der Waals surface area (Å²) in [6.45, 7) is 6.46. The number of pyridine rings is 1. The number of nitrogens with one attached hydrogen (secondary N) is 3. The highest BCUT2D eigenvalue weighted by molar-refractivity contribution is 14.0. The molecule has 0 aliphatic carbocycles. The molecule has 0 bridgehead atoms. The van der Waals surface area contributed by atoms with Gasteiger partial charge in [-0.1, -0.05) is 24.3 Å². The predicted octanol–water partition coefficient (Wildman–Crippen LogP) is 2.68. The molecule has 0 atom stereocenters. The minimum Gasteiger partial charge on any atom is -0.356 e. The van der Waals surface area contributed by atoms with E-state index in [0.29, 0.717) is 24.6 Å². The molecule has 0 amide bonds. The first-order valence-corrected chi connectivity index (χ1v) is 10.7. The molecule has 0 unspecified atom stereocenters. The van der Waals surface area contributed by atoms with Gasteiger partial charge in [0.05, 0.1) is 4.90 Å². The summed E-state index contributed by atoms with van der Waals surface area (Å²) < 4.78 is 28.1. The quantitative estimate of drug-likeness (QED) is 0.290. The minimum atomic E-state index is -3.61. The van der Waals surface area contributed by atoms with Gasteiger partial charge in [-0.2, -0.15) is 0 Å². The summed E-state index contributed by atoms with van der Waals surface area (Å²) in [6, 6.07) is 12.8. The van der Waals surface area contributed by atoms with Crippen LogP contribution in [0.5, 0.6) is 0 Å². The summed E-state index contributed by atoms with van der Waals surface area (Å²) in [6.07, 6.45) is 2.54. The van der Waals surface area contributed by atoms with E-state index in [-0.39, 0.29) is 28.9 Å². The van der Waals surface area contributed by atoms with Crippen LogP contribution in [0.1, 0.15) is 32.0 Å². The summed E-state index contributed by atoms with van der Waals surface area (Å²) in [5, 5.41) is 6.39. The maximum Gasteiger partial charge on any atom is 0.241 e. The van der Waals surface area contributed by atoms with Crippen molar-refractivity contribution in [1.82, 2.24) is 20.3 Å². The van der Waals surface area contributed by atoms with Crippen LogP contribution < -0.4 is 15.4 Å². The molecule has 9 heteroatoms. The molecule has 0 aliphatic rings. The monoisotopic (exact) mass is 531 g/mol. The van der Waals surface area contributed by atoms with Crippen molar-refractivity contribution in [3.63, 3.8) is 0 Å². The van der Waals surface area contributed by atoms with Crippen LogP contribution in [0, 0.1) is 0 Å². The van der Waals surface area contributed by atoms with E-state index in [1.165, 1.54) is 0 Å². The normalized spacial score (nSPS) is 12.2. The van der Waals surface area contributed by atoms with Crippen LogP contribution in [0.3, 0.4) is 0 Å². The zero-order valence-electron chi connectivity index (χ0n) is 17.3. The molecule has 1 aromatic heterocycles. The van der Waals surface area contributed by atoms with Crippen molar-refractivity contribution in [2.75, 3.05) is 13.6 Å². The van der Waals surface area contributed by atoms with Gasteiger partial charge in [0.2, 0.25) is 10.0 Å². The molecular weight excluding hydrogens is 501 g/mol. The number of benzene rings is 1. The third kappa shape index (κ3) is 8.67. The Morgan fingerprint density at radius 3 is 2.38 bits per heavy atom. The standard InChI is InChI=1S/C20H29N5O2S.HI/c1-20(2,3)25-28(26,27)18-11-6-5-9-16(18)15-24-19(21-4)23-14-12-17-10-7-8-13-22-17;/h5-11,13,25H,12,14-15H2,1-4H3,(H2,21,23,24);1H. The van der Waals surface area contributed by atoms with Crippen LogP contribution in [0.4, 0.5) is 0 Å². The number of nitrogens with zero attached hydrogens (tertiary/aromatic N) is 2. The van der Waals surface area contributed by atoms with Crippen LogP contribution in [-0.4, -0.2) is 38.5 Å². The maximum atomic E-state index is 12.7. The molecule has 160 valence electrons. The molecule has 0 aliphatic heterocycles. The predicted molar refractivity (Wildman–Crippen MR) is 128 cm³/mol. The maximum absolute atomic E-state index is 12.7. The molecule has 0 saturated heterocycles. The van der Waals surface area contributed by atoms with E-state index in [9.17, 15) is 8.42 Å². The summed E-state index contributed by atoms with van der Waals surface area (Å²) in [4.78, 5) is 8.75. The number of guanidine groups is 1. The Kier molecular flexibility index (Phi) is 10.0. The average molecular weight is 531 g/mol. The molecule has 7 nitrogen and oxygen atoms in total. The van der Waals surface area contributed by atoms with Crippen LogP contribution in [-0.2, 0) is 23.0 Å². The van der Waals surface area contributed by atoms with Crippen LogP contribution >= 0.6 is 24.0 Å². The van der Waals surface area contributed by atoms with Crippen molar-refractivity contribution in [3.8, 4) is 0 Å². The number of aromatic nitrogens is 1. The van der Waals surface area contributed by atoms with Gasteiger partial charge in [-0.15, -0.1) is 24.0 Å².